The largest absolute Gasteiger partial charge is 0.487 e. The molecular weight excluding hydrogens is 415 g/mol. The van der Waals surface area contributed by atoms with Crippen LogP contribution in [0.1, 0.15) is 38.5 Å². The van der Waals surface area contributed by atoms with E-state index < -0.39 is 6.04 Å². The summed E-state index contributed by atoms with van der Waals surface area (Å²) in [5.41, 5.74) is 1.88. The summed E-state index contributed by atoms with van der Waals surface area (Å²) in [5.74, 6) is 0.480. The molecule has 0 aliphatic heterocycles. The molecule has 2 heterocycles. The monoisotopic (exact) mass is 436 g/mol. The number of thiazole rings is 1. The molecule has 2 aromatic carbocycles. The molecule has 0 fully saturated rings. The number of nitrogens with zero attached hydrogens (tertiary/aromatic N) is 3. The lowest BCUT2D eigenvalue weighted by molar-refractivity contribution is 0.0940. The average Bonchev–Trinajstić information content (AvgIpc) is 3.38. The second-order valence-corrected chi connectivity index (χ2v) is 8.09. The van der Waals surface area contributed by atoms with E-state index in [1.165, 1.54) is 12.1 Å². The first-order chi connectivity index (χ1) is 15.0. The normalized spacial score (nSPS) is 11.8. The molecule has 4 rings (SSSR count). The first-order valence-corrected chi connectivity index (χ1v) is 10.5. The zero-order valence-corrected chi connectivity index (χ0v) is 17.9. The van der Waals surface area contributed by atoms with Gasteiger partial charge in [-0.1, -0.05) is 18.2 Å². The second kappa shape index (κ2) is 9.09. The van der Waals surface area contributed by atoms with Gasteiger partial charge in [-0.2, -0.15) is 0 Å². The number of carbonyl (C=O) groups is 1. The fraction of sp³-hybridized carbons (Fsp3) is 0.174. The Hall–Kier alpha value is -3.52. The number of hydrogen-bond acceptors (Lipinski definition) is 5. The van der Waals surface area contributed by atoms with Crippen LogP contribution in [0.25, 0.3) is 0 Å². The smallest absolute Gasteiger partial charge is 0.252 e. The highest BCUT2D eigenvalue weighted by Crippen LogP contribution is 2.23. The van der Waals surface area contributed by atoms with Crippen molar-refractivity contribution in [3.05, 3.63) is 99.8 Å². The van der Waals surface area contributed by atoms with Gasteiger partial charge in [-0.05, 0) is 42.8 Å². The Balaban J connectivity index is 1.54. The molecule has 0 saturated heterocycles. The van der Waals surface area contributed by atoms with E-state index in [9.17, 15) is 9.18 Å². The molecule has 1 amide bonds. The van der Waals surface area contributed by atoms with E-state index in [0.29, 0.717) is 29.3 Å². The van der Waals surface area contributed by atoms with Gasteiger partial charge < -0.3 is 14.6 Å². The third-order valence-electron chi connectivity index (χ3n) is 4.72. The summed E-state index contributed by atoms with van der Waals surface area (Å²) in [7, 11) is 1.83. The van der Waals surface area contributed by atoms with Crippen molar-refractivity contribution < 1.29 is 13.9 Å². The molecule has 0 aliphatic carbocycles. The standard InChI is InChI=1S/C23H21FN4O2S/c1-15-26-19(14-31-15)13-30-20-8-4-6-17(12-20)23(29)27-21(22-25-9-10-28(22)2)16-5-3-7-18(24)11-16/h3-12,14,21H,13H2,1-2H3,(H,27,29). The topological polar surface area (TPSA) is 69.0 Å². The van der Waals surface area contributed by atoms with Gasteiger partial charge in [0.2, 0.25) is 0 Å². The Morgan fingerprint density at radius 3 is 2.81 bits per heavy atom. The number of nitrogens with one attached hydrogen (secondary N) is 1. The average molecular weight is 437 g/mol. The summed E-state index contributed by atoms with van der Waals surface area (Å²) < 4.78 is 21.4. The molecule has 1 unspecified atom stereocenters. The van der Waals surface area contributed by atoms with Crippen molar-refractivity contribution in [1.29, 1.82) is 0 Å². The molecule has 0 spiro atoms. The van der Waals surface area contributed by atoms with Gasteiger partial charge in [0.05, 0.1) is 10.7 Å². The van der Waals surface area contributed by atoms with E-state index in [0.717, 1.165) is 10.7 Å². The maximum absolute atomic E-state index is 13.8. The van der Waals surface area contributed by atoms with E-state index in [1.807, 2.05) is 19.4 Å². The Morgan fingerprint density at radius 1 is 1.26 bits per heavy atom. The van der Waals surface area contributed by atoms with Crippen LogP contribution in [0.3, 0.4) is 0 Å². The quantitative estimate of drug-likeness (QED) is 0.466. The predicted octanol–water partition coefficient (Wildman–Crippen LogP) is 4.42. The minimum Gasteiger partial charge on any atom is -0.487 e. The molecule has 0 aliphatic rings. The molecule has 2 aromatic heterocycles. The summed E-state index contributed by atoms with van der Waals surface area (Å²) >= 11 is 1.56. The molecule has 158 valence electrons. The fourth-order valence-corrected chi connectivity index (χ4v) is 3.81. The van der Waals surface area contributed by atoms with Crippen LogP contribution >= 0.6 is 11.3 Å². The van der Waals surface area contributed by atoms with Crippen molar-refractivity contribution in [1.82, 2.24) is 19.9 Å². The van der Waals surface area contributed by atoms with Crippen LogP contribution < -0.4 is 10.1 Å². The van der Waals surface area contributed by atoms with E-state index in [-0.39, 0.29) is 11.7 Å². The minimum absolute atomic E-state index is 0.313. The van der Waals surface area contributed by atoms with Crippen molar-refractivity contribution in [2.45, 2.75) is 19.6 Å². The number of halogens is 1. The molecule has 31 heavy (non-hydrogen) atoms. The number of carbonyl (C=O) groups excluding carboxylic acids is 1. The lowest BCUT2D eigenvalue weighted by Gasteiger charge is -2.19. The SMILES string of the molecule is Cc1nc(COc2cccc(C(=O)NC(c3cccc(F)c3)c3nccn3C)c2)cs1. The predicted molar refractivity (Wildman–Crippen MR) is 117 cm³/mol. The third kappa shape index (κ3) is 4.97. The van der Waals surface area contributed by atoms with Gasteiger partial charge in [0.15, 0.2) is 0 Å². The van der Waals surface area contributed by atoms with Gasteiger partial charge in [-0.15, -0.1) is 11.3 Å². The highest BCUT2D eigenvalue weighted by atomic mass is 32.1. The maximum atomic E-state index is 13.8. The minimum atomic E-state index is -0.606. The van der Waals surface area contributed by atoms with Gasteiger partial charge in [-0.3, -0.25) is 4.79 Å². The zero-order chi connectivity index (χ0) is 21.8. The molecule has 0 bridgehead atoms. The third-order valence-corrected chi connectivity index (χ3v) is 5.55. The van der Waals surface area contributed by atoms with Crippen molar-refractivity contribution in [2.75, 3.05) is 0 Å². The van der Waals surface area contributed by atoms with Gasteiger partial charge in [-0.25, -0.2) is 14.4 Å². The van der Waals surface area contributed by atoms with E-state index in [1.54, 1.807) is 64.7 Å². The molecular formula is C23H21FN4O2S. The Kier molecular flexibility index (Phi) is 6.08. The highest BCUT2D eigenvalue weighted by Gasteiger charge is 2.22. The van der Waals surface area contributed by atoms with Crippen LogP contribution in [0.2, 0.25) is 0 Å². The molecule has 0 saturated carbocycles. The molecule has 0 radical (unpaired) electrons. The summed E-state index contributed by atoms with van der Waals surface area (Å²) in [6.07, 6.45) is 3.42. The van der Waals surface area contributed by atoms with E-state index in [2.05, 4.69) is 15.3 Å². The number of hydrogen-bond donors (Lipinski definition) is 1. The zero-order valence-electron chi connectivity index (χ0n) is 17.1. The number of aromatic nitrogens is 3. The Bertz CT molecular complexity index is 1200. The lowest BCUT2D eigenvalue weighted by Crippen LogP contribution is -2.31. The van der Waals surface area contributed by atoms with Crippen molar-refractivity contribution >= 4 is 17.2 Å². The number of rotatable bonds is 7. The molecule has 1 atom stereocenters. The highest BCUT2D eigenvalue weighted by molar-refractivity contribution is 7.09. The molecule has 1 N–H and O–H groups in total. The van der Waals surface area contributed by atoms with Gasteiger partial charge in [0.25, 0.3) is 5.91 Å². The Morgan fingerprint density at radius 2 is 2.10 bits per heavy atom. The number of amides is 1. The molecule has 6 nitrogen and oxygen atoms in total. The number of benzene rings is 2. The summed E-state index contributed by atoms with van der Waals surface area (Å²) in [6, 6.07) is 12.5. The van der Waals surface area contributed by atoms with Crippen LogP contribution in [-0.4, -0.2) is 20.4 Å². The first-order valence-electron chi connectivity index (χ1n) is 9.67. The van der Waals surface area contributed by atoms with Crippen molar-refractivity contribution in [3.8, 4) is 5.75 Å². The van der Waals surface area contributed by atoms with Crippen LogP contribution in [0, 0.1) is 12.7 Å². The van der Waals surface area contributed by atoms with Gasteiger partial charge >= 0.3 is 0 Å². The van der Waals surface area contributed by atoms with Crippen LogP contribution in [-0.2, 0) is 13.7 Å². The van der Waals surface area contributed by atoms with Gasteiger partial charge in [0.1, 0.15) is 30.0 Å². The summed E-state index contributed by atoms with van der Waals surface area (Å²) in [6.45, 7) is 2.27. The fourth-order valence-electron chi connectivity index (χ4n) is 3.21. The lowest BCUT2D eigenvalue weighted by atomic mass is 10.0. The number of aryl methyl sites for hydroxylation is 2. The van der Waals surface area contributed by atoms with Crippen LogP contribution in [0.15, 0.2) is 66.3 Å². The Labute approximate surface area is 183 Å². The van der Waals surface area contributed by atoms with Crippen LogP contribution in [0.5, 0.6) is 5.75 Å². The first kappa shape index (κ1) is 20.7. The molecule has 8 heteroatoms. The summed E-state index contributed by atoms with van der Waals surface area (Å²) in [5, 5.41) is 5.89. The number of imidazole rings is 1. The van der Waals surface area contributed by atoms with E-state index >= 15 is 0 Å². The second-order valence-electron chi connectivity index (χ2n) is 7.03. The van der Waals surface area contributed by atoms with Crippen LogP contribution in [0.4, 0.5) is 4.39 Å². The maximum Gasteiger partial charge on any atom is 0.252 e. The summed E-state index contributed by atoms with van der Waals surface area (Å²) in [4.78, 5) is 21.8. The van der Waals surface area contributed by atoms with E-state index in [4.69, 9.17) is 4.74 Å². The number of ether oxygens (including phenoxy) is 1. The van der Waals surface area contributed by atoms with Gasteiger partial charge in [0, 0.05) is 30.4 Å². The van der Waals surface area contributed by atoms with Crippen molar-refractivity contribution in [2.24, 2.45) is 7.05 Å². The van der Waals surface area contributed by atoms with Crippen molar-refractivity contribution in [3.63, 3.8) is 0 Å². The molecule has 4 aromatic rings.